The summed E-state index contributed by atoms with van der Waals surface area (Å²) in [5, 5.41) is 18.2. The summed E-state index contributed by atoms with van der Waals surface area (Å²) in [6, 6.07) is 11.0. The molecule has 1 aromatic carbocycles. The molecule has 0 amide bonds. The normalized spacial score (nSPS) is 9.71. The van der Waals surface area contributed by atoms with Crippen molar-refractivity contribution in [1.29, 1.82) is 5.26 Å². The van der Waals surface area contributed by atoms with Crippen molar-refractivity contribution >= 4 is 11.9 Å². The van der Waals surface area contributed by atoms with Gasteiger partial charge in [-0.3, -0.25) is 0 Å². The van der Waals surface area contributed by atoms with Gasteiger partial charge in [0.1, 0.15) is 5.69 Å². The van der Waals surface area contributed by atoms with E-state index in [1.807, 2.05) is 6.07 Å². The lowest BCUT2D eigenvalue weighted by Crippen LogP contribution is -2.08. The zero-order chi connectivity index (χ0) is 15.4. The Morgan fingerprint density at radius 1 is 1.29 bits per heavy atom. The third-order valence-corrected chi connectivity index (χ3v) is 2.79. The number of carbonyl (C=O) groups is 2. The molecule has 6 heteroatoms. The SMILES string of the molecule is COC(=O)c1cc(C(=O)O)cc(-c2ccccc2C#N)n1. The van der Waals surface area contributed by atoms with Gasteiger partial charge in [-0.1, -0.05) is 18.2 Å². The van der Waals surface area contributed by atoms with Crippen LogP contribution in [0.3, 0.4) is 0 Å². The molecule has 1 N–H and O–H groups in total. The zero-order valence-electron chi connectivity index (χ0n) is 11.0. The monoisotopic (exact) mass is 282 g/mol. The zero-order valence-corrected chi connectivity index (χ0v) is 11.0. The molecule has 0 atom stereocenters. The molecule has 21 heavy (non-hydrogen) atoms. The Balaban J connectivity index is 2.68. The van der Waals surface area contributed by atoms with Gasteiger partial charge in [0.2, 0.25) is 0 Å². The molecule has 0 saturated heterocycles. The number of methoxy groups -OCH3 is 1. The van der Waals surface area contributed by atoms with Crippen LogP contribution >= 0.6 is 0 Å². The van der Waals surface area contributed by atoms with Crippen LogP contribution in [0.4, 0.5) is 0 Å². The Hall–Kier alpha value is -3.20. The first-order valence-electron chi connectivity index (χ1n) is 5.90. The van der Waals surface area contributed by atoms with Crippen LogP contribution in [-0.4, -0.2) is 29.1 Å². The molecular formula is C15H10N2O4. The van der Waals surface area contributed by atoms with Crippen LogP contribution in [-0.2, 0) is 4.74 Å². The molecule has 1 aromatic heterocycles. The number of benzene rings is 1. The van der Waals surface area contributed by atoms with E-state index in [9.17, 15) is 9.59 Å². The first-order valence-corrected chi connectivity index (χ1v) is 5.90. The summed E-state index contributed by atoms with van der Waals surface area (Å²) in [7, 11) is 1.18. The van der Waals surface area contributed by atoms with E-state index in [1.54, 1.807) is 24.3 Å². The summed E-state index contributed by atoms with van der Waals surface area (Å²) in [6.45, 7) is 0. The number of carbonyl (C=O) groups excluding carboxylic acids is 1. The van der Waals surface area contributed by atoms with Crippen molar-refractivity contribution in [1.82, 2.24) is 4.98 Å². The number of hydrogen-bond donors (Lipinski definition) is 1. The Bertz CT molecular complexity index is 763. The summed E-state index contributed by atoms with van der Waals surface area (Å²) < 4.78 is 4.56. The molecule has 0 aliphatic carbocycles. The Morgan fingerprint density at radius 2 is 2.00 bits per heavy atom. The molecule has 2 aromatic rings. The molecule has 0 saturated carbocycles. The quantitative estimate of drug-likeness (QED) is 0.865. The topological polar surface area (TPSA) is 100 Å². The molecule has 0 fully saturated rings. The standard InChI is InChI=1S/C15H10N2O4/c1-21-15(20)13-7-10(14(18)19)6-12(17-13)11-5-3-2-4-9(11)8-16/h2-7H,1H3,(H,18,19). The van der Waals surface area contributed by atoms with E-state index in [-0.39, 0.29) is 17.0 Å². The fourth-order valence-electron chi connectivity index (χ4n) is 1.81. The number of nitrogens with zero attached hydrogens (tertiary/aromatic N) is 2. The highest BCUT2D eigenvalue weighted by molar-refractivity contribution is 5.94. The largest absolute Gasteiger partial charge is 0.478 e. The van der Waals surface area contributed by atoms with Crippen molar-refractivity contribution in [2.24, 2.45) is 0 Å². The lowest BCUT2D eigenvalue weighted by atomic mass is 10.0. The molecule has 0 unspecified atom stereocenters. The summed E-state index contributed by atoms with van der Waals surface area (Å²) in [6.07, 6.45) is 0. The van der Waals surface area contributed by atoms with Crippen LogP contribution < -0.4 is 0 Å². The molecular weight excluding hydrogens is 272 g/mol. The predicted molar refractivity (Wildman–Crippen MR) is 72.7 cm³/mol. The van der Waals surface area contributed by atoms with Gasteiger partial charge in [0.25, 0.3) is 0 Å². The Kier molecular flexibility index (Phi) is 3.95. The van der Waals surface area contributed by atoms with Crippen LogP contribution in [0.25, 0.3) is 11.3 Å². The molecule has 0 aliphatic rings. The first-order chi connectivity index (χ1) is 10.1. The second kappa shape index (κ2) is 5.84. The van der Waals surface area contributed by atoms with E-state index in [0.29, 0.717) is 11.1 Å². The number of nitriles is 1. The van der Waals surface area contributed by atoms with E-state index in [4.69, 9.17) is 10.4 Å². The maximum Gasteiger partial charge on any atom is 0.356 e. The van der Waals surface area contributed by atoms with E-state index < -0.39 is 11.9 Å². The summed E-state index contributed by atoms with van der Waals surface area (Å²) in [4.78, 5) is 26.8. The molecule has 0 bridgehead atoms. The fourth-order valence-corrected chi connectivity index (χ4v) is 1.81. The fraction of sp³-hybridized carbons (Fsp3) is 0.0667. The van der Waals surface area contributed by atoms with E-state index in [0.717, 1.165) is 6.07 Å². The predicted octanol–water partition coefficient (Wildman–Crippen LogP) is 2.11. The van der Waals surface area contributed by atoms with Crippen molar-refractivity contribution in [2.45, 2.75) is 0 Å². The maximum absolute atomic E-state index is 11.6. The number of esters is 1. The number of carboxylic acid groups (broad SMARTS) is 1. The van der Waals surface area contributed by atoms with Crippen LogP contribution in [0.2, 0.25) is 0 Å². The van der Waals surface area contributed by atoms with Crippen molar-refractivity contribution in [2.75, 3.05) is 7.11 Å². The minimum Gasteiger partial charge on any atom is -0.478 e. The van der Waals surface area contributed by atoms with Gasteiger partial charge in [0, 0.05) is 5.56 Å². The van der Waals surface area contributed by atoms with Gasteiger partial charge in [-0.25, -0.2) is 14.6 Å². The highest BCUT2D eigenvalue weighted by Crippen LogP contribution is 2.23. The number of aromatic nitrogens is 1. The molecule has 1 heterocycles. The van der Waals surface area contributed by atoms with Crippen molar-refractivity contribution in [3.63, 3.8) is 0 Å². The summed E-state index contributed by atoms with van der Waals surface area (Å²) >= 11 is 0. The number of aromatic carboxylic acids is 1. The van der Waals surface area contributed by atoms with Crippen molar-refractivity contribution in [3.05, 3.63) is 53.2 Å². The van der Waals surface area contributed by atoms with Gasteiger partial charge in [-0.05, 0) is 18.2 Å². The molecule has 0 spiro atoms. The summed E-state index contributed by atoms with van der Waals surface area (Å²) in [5.74, 6) is -1.94. The van der Waals surface area contributed by atoms with Gasteiger partial charge in [-0.15, -0.1) is 0 Å². The third-order valence-electron chi connectivity index (χ3n) is 2.79. The van der Waals surface area contributed by atoms with E-state index in [2.05, 4.69) is 9.72 Å². The van der Waals surface area contributed by atoms with Crippen LogP contribution in [0, 0.1) is 11.3 Å². The molecule has 104 valence electrons. The van der Waals surface area contributed by atoms with Crippen LogP contribution in [0.1, 0.15) is 26.4 Å². The number of carboxylic acids is 1. The van der Waals surface area contributed by atoms with Gasteiger partial charge in [0.05, 0.1) is 30.0 Å². The number of ether oxygens (including phenoxy) is 1. The smallest absolute Gasteiger partial charge is 0.356 e. The first kappa shape index (κ1) is 14.2. The molecule has 6 nitrogen and oxygen atoms in total. The second-order valence-electron chi connectivity index (χ2n) is 4.08. The van der Waals surface area contributed by atoms with Crippen molar-refractivity contribution in [3.8, 4) is 17.3 Å². The molecule has 0 aliphatic heterocycles. The Labute approximate surface area is 120 Å². The third kappa shape index (κ3) is 2.87. The van der Waals surface area contributed by atoms with Gasteiger partial charge < -0.3 is 9.84 Å². The minimum absolute atomic E-state index is 0.104. The van der Waals surface area contributed by atoms with Crippen LogP contribution in [0.15, 0.2) is 36.4 Å². The van der Waals surface area contributed by atoms with Gasteiger partial charge in [-0.2, -0.15) is 5.26 Å². The number of hydrogen-bond acceptors (Lipinski definition) is 5. The lowest BCUT2D eigenvalue weighted by molar-refractivity contribution is 0.0594. The molecule has 0 radical (unpaired) electrons. The number of rotatable bonds is 3. The van der Waals surface area contributed by atoms with Gasteiger partial charge >= 0.3 is 11.9 Å². The number of pyridine rings is 1. The lowest BCUT2D eigenvalue weighted by Gasteiger charge is -2.07. The maximum atomic E-state index is 11.6. The second-order valence-corrected chi connectivity index (χ2v) is 4.08. The van der Waals surface area contributed by atoms with Crippen LogP contribution in [0.5, 0.6) is 0 Å². The highest BCUT2D eigenvalue weighted by Gasteiger charge is 2.16. The Morgan fingerprint density at radius 3 is 2.62 bits per heavy atom. The minimum atomic E-state index is -1.20. The van der Waals surface area contributed by atoms with E-state index >= 15 is 0 Å². The summed E-state index contributed by atoms with van der Waals surface area (Å²) in [5.41, 5.74) is 0.789. The van der Waals surface area contributed by atoms with Crippen molar-refractivity contribution < 1.29 is 19.4 Å². The molecule has 2 rings (SSSR count). The van der Waals surface area contributed by atoms with E-state index in [1.165, 1.54) is 13.2 Å². The average molecular weight is 282 g/mol. The average Bonchev–Trinajstić information content (AvgIpc) is 2.53. The van der Waals surface area contributed by atoms with Gasteiger partial charge in [0.15, 0.2) is 0 Å². The highest BCUT2D eigenvalue weighted by atomic mass is 16.5.